The van der Waals surface area contributed by atoms with E-state index >= 15 is 0 Å². The molecule has 0 heterocycles. The quantitative estimate of drug-likeness (QED) is 0.619. The first kappa shape index (κ1) is 17.5. The summed E-state index contributed by atoms with van der Waals surface area (Å²) in [6, 6.07) is 9.38. The average molecular weight is 328 g/mol. The highest BCUT2D eigenvalue weighted by Crippen LogP contribution is 2.41. The van der Waals surface area contributed by atoms with Crippen molar-refractivity contribution < 1.29 is 9.53 Å². The Morgan fingerprint density at radius 2 is 1.50 bits per heavy atom. The fraction of sp³-hybridized carbons (Fsp3) is 0.682. The summed E-state index contributed by atoms with van der Waals surface area (Å²) < 4.78 is 5.72. The number of benzene rings is 1. The molecule has 2 fully saturated rings. The number of rotatable bonds is 5. The number of hydrogen-bond acceptors (Lipinski definition) is 2. The van der Waals surface area contributed by atoms with Crippen LogP contribution in [0.25, 0.3) is 0 Å². The second-order valence-electron chi connectivity index (χ2n) is 7.88. The molecule has 2 heteroatoms. The molecule has 0 N–H and O–H groups in total. The highest BCUT2D eigenvalue weighted by Gasteiger charge is 2.31. The zero-order valence-electron chi connectivity index (χ0n) is 15.1. The molecule has 0 amide bonds. The Labute approximate surface area is 147 Å². The van der Waals surface area contributed by atoms with Gasteiger partial charge in [-0.2, -0.15) is 0 Å². The van der Waals surface area contributed by atoms with E-state index < -0.39 is 0 Å². The van der Waals surface area contributed by atoms with Crippen LogP contribution in [0.2, 0.25) is 0 Å². The van der Waals surface area contributed by atoms with Gasteiger partial charge in [0.15, 0.2) is 0 Å². The first-order valence-electron chi connectivity index (χ1n) is 10.0. The van der Waals surface area contributed by atoms with Crippen LogP contribution >= 0.6 is 0 Å². The number of ether oxygens (including phenoxy) is 1. The van der Waals surface area contributed by atoms with Gasteiger partial charge in [-0.05, 0) is 68.4 Å². The van der Waals surface area contributed by atoms with Crippen molar-refractivity contribution in [3.8, 4) is 0 Å². The Morgan fingerprint density at radius 1 is 0.917 bits per heavy atom. The van der Waals surface area contributed by atoms with Crippen molar-refractivity contribution in [2.24, 2.45) is 17.8 Å². The molecule has 0 spiro atoms. The summed E-state index contributed by atoms with van der Waals surface area (Å²) in [4.78, 5) is 12.2. The van der Waals surface area contributed by atoms with Gasteiger partial charge in [-0.25, -0.2) is 4.79 Å². The van der Waals surface area contributed by atoms with Crippen molar-refractivity contribution >= 4 is 5.97 Å². The monoisotopic (exact) mass is 328 g/mol. The fourth-order valence-electron chi connectivity index (χ4n) is 4.83. The lowest BCUT2D eigenvalue weighted by atomic mass is 9.70. The number of carbonyl (C=O) groups is 1. The molecule has 0 bridgehead atoms. The Hall–Kier alpha value is -1.31. The molecule has 2 aliphatic rings. The van der Waals surface area contributed by atoms with Crippen LogP contribution in [0.1, 0.15) is 81.5 Å². The van der Waals surface area contributed by atoms with Gasteiger partial charge in [0.25, 0.3) is 0 Å². The van der Waals surface area contributed by atoms with Gasteiger partial charge in [0.05, 0.1) is 5.56 Å². The predicted molar refractivity (Wildman–Crippen MR) is 98.0 cm³/mol. The third-order valence-corrected chi connectivity index (χ3v) is 6.26. The van der Waals surface area contributed by atoms with Crippen molar-refractivity contribution in [3.05, 3.63) is 35.9 Å². The molecule has 0 atom stereocenters. The second kappa shape index (κ2) is 8.69. The number of hydrogen-bond donors (Lipinski definition) is 0. The Kier molecular flexibility index (Phi) is 6.34. The number of carbonyl (C=O) groups excluding carboxylic acids is 1. The molecule has 0 saturated heterocycles. The molecule has 1 aromatic carbocycles. The summed E-state index contributed by atoms with van der Waals surface area (Å²) in [6.45, 7) is 2.31. The van der Waals surface area contributed by atoms with E-state index in [9.17, 15) is 4.79 Å². The molecule has 0 aliphatic heterocycles. The summed E-state index contributed by atoms with van der Waals surface area (Å²) in [5.41, 5.74) is 0.675. The van der Waals surface area contributed by atoms with E-state index in [-0.39, 0.29) is 12.1 Å². The van der Waals surface area contributed by atoms with Gasteiger partial charge in [0, 0.05) is 0 Å². The van der Waals surface area contributed by atoms with Crippen molar-refractivity contribution in [2.45, 2.75) is 77.2 Å². The van der Waals surface area contributed by atoms with Gasteiger partial charge >= 0.3 is 5.97 Å². The van der Waals surface area contributed by atoms with Gasteiger partial charge in [-0.3, -0.25) is 0 Å². The molecule has 2 saturated carbocycles. The van der Waals surface area contributed by atoms with E-state index in [2.05, 4.69) is 6.92 Å². The standard InChI is InChI=1S/C22H32O2/c1-2-6-17-9-11-18(12-10-17)19-13-15-21(16-14-19)24-22(23)20-7-4-3-5-8-20/h3-5,7-8,17-19,21H,2,6,9-16H2,1H3. The highest BCUT2D eigenvalue weighted by atomic mass is 16.5. The first-order chi connectivity index (χ1) is 11.8. The fourth-order valence-corrected chi connectivity index (χ4v) is 4.83. The Balaban J connectivity index is 1.41. The van der Waals surface area contributed by atoms with Crippen LogP contribution in [-0.2, 0) is 4.74 Å². The SMILES string of the molecule is CCCC1CCC(C2CCC(OC(=O)c3ccccc3)CC2)CC1. The van der Waals surface area contributed by atoms with E-state index in [4.69, 9.17) is 4.74 Å². The Bertz CT molecular complexity index is 494. The van der Waals surface area contributed by atoms with Crippen molar-refractivity contribution in [3.63, 3.8) is 0 Å². The maximum atomic E-state index is 12.2. The van der Waals surface area contributed by atoms with Gasteiger partial charge in [0.1, 0.15) is 6.10 Å². The molecule has 132 valence electrons. The Morgan fingerprint density at radius 3 is 2.08 bits per heavy atom. The topological polar surface area (TPSA) is 26.3 Å². The van der Waals surface area contributed by atoms with E-state index in [0.717, 1.165) is 30.6 Å². The second-order valence-corrected chi connectivity index (χ2v) is 7.88. The molecule has 0 aromatic heterocycles. The van der Waals surface area contributed by atoms with E-state index in [1.54, 1.807) is 0 Å². The predicted octanol–water partition coefficient (Wildman–Crippen LogP) is 6.01. The zero-order chi connectivity index (χ0) is 16.8. The van der Waals surface area contributed by atoms with E-state index in [0.29, 0.717) is 5.56 Å². The molecule has 0 radical (unpaired) electrons. The van der Waals surface area contributed by atoms with Crippen LogP contribution in [0.3, 0.4) is 0 Å². The maximum Gasteiger partial charge on any atom is 0.338 e. The summed E-state index contributed by atoms with van der Waals surface area (Å²) >= 11 is 0. The highest BCUT2D eigenvalue weighted by molar-refractivity contribution is 5.89. The largest absolute Gasteiger partial charge is 0.459 e. The molecule has 2 aliphatic carbocycles. The third kappa shape index (κ3) is 4.62. The molecule has 0 unspecified atom stereocenters. The molecule has 24 heavy (non-hydrogen) atoms. The van der Waals surface area contributed by atoms with Gasteiger partial charge in [-0.15, -0.1) is 0 Å². The van der Waals surface area contributed by atoms with E-state index in [1.165, 1.54) is 51.4 Å². The molecular formula is C22H32O2. The number of esters is 1. The summed E-state index contributed by atoms with van der Waals surface area (Å²) in [6.07, 6.45) is 13.3. The molecule has 2 nitrogen and oxygen atoms in total. The lowest BCUT2D eigenvalue weighted by molar-refractivity contribution is 0.0109. The normalized spacial score (nSPS) is 30.7. The van der Waals surface area contributed by atoms with Crippen molar-refractivity contribution in [1.82, 2.24) is 0 Å². The molecule has 1 aromatic rings. The average Bonchev–Trinajstić information content (AvgIpc) is 2.64. The minimum atomic E-state index is -0.154. The minimum absolute atomic E-state index is 0.130. The summed E-state index contributed by atoms with van der Waals surface area (Å²) in [7, 11) is 0. The van der Waals surface area contributed by atoms with Crippen molar-refractivity contribution in [2.75, 3.05) is 0 Å². The summed E-state index contributed by atoms with van der Waals surface area (Å²) in [5, 5.41) is 0. The van der Waals surface area contributed by atoms with Gasteiger partial charge in [-0.1, -0.05) is 50.8 Å². The van der Waals surface area contributed by atoms with Crippen LogP contribution < -0.4 is 0 Å². The third-order valence-electron chi connectivity index (χ3n) is 6.26. The lowest BCUT2D eigenvalue weighted by Crippen LogP contribution is -2.29. The molecular weight excluding hydrogens is 296 g/mol. The van der Waals surface area contributed by atoms with Crippen LogP contribution in [-0.4, -0.2) is 12.1 Å². The van der Waals surface area contributed by atoms with Crippen LogP contribution in [0.15, 0.2) is 30.3 Å². The zero-order valence-corrected chi connectivity index (χ0v) is 15.1. The maximum absolute atomic E-state index is 12.2. The van der Waals surface area contributed by atoms with Crippen LogP contribution in [0, 0.1) is 17.8 Å². The van der Waals surface area contributed by atoms with Gasteiger partial charge < -0.3 is 4.74 Å². The minimum Gasteiger partial charge on any atom is -0.459 e. The van der Waals surface area contributed by atoms with E-state index in [1.807, 2.05) is 30.3 Å². The lowest BCUT2D eigenvalue weighted by Gasteiger charge is -2.37. The van der Waals surface area contributed by atoms with Crippen molar-refractivity contribution in [1.29, 1.82) is 0 Å². The van der Waals surface area contributed by atoms with Crippen LogP contribution in [0.4, 0.5) is 0 Å². The molecule has 3 rings (SSSR count). The first-order valence-corrected chi connectivity index (χ1v) is 10.0. The summed E-state index contributed by atoms with van der Waals surface area (Å²) in [5.74, 6) is 2.65. The van der Waals surface area contributed by atoms with Gasteiger partial charge in [0.2, 0.25) is 0 Å². The smallest absolute Gasteiger partial charge is 0.338 e. The van der Waals surface area contributed by atoms with Crippen LogP contribution in [0.5, 0.6) is 0 Å².